The predicted molar refractivity (Wildman–Crippen MR) is 129 cm³/mol. The molecule has 1 aromatic heterocycles. The standard InChI is InChI=1S/C25H22N4O3S/c1-29-23(18-10-14-21(32-2)15-11-18)27-28-25(29)33-16-22(30)17-8-12-20(13-9-17)26-24(31)19-6-4-3-5-7-19/h3-15H,16H2,1-2H3,(H,26,31). The van der Waals surface area contributed by atoms with Crippen molar-refractivity contribution in [2.45, 2.75) is 5.16 Å². The highest BCUT2D eigenvalue weighted by atomic mass is 32.2. The third-order valence-electron chi connectivity index (χ3n) is 5.02. The Labute approximate surface area is 195 Å². The number of carbonyl (C=O) groups excluding carboxylic acids is 2. The first-order valence-electron chi connectivity index (χ1n) is 10.2. The highest BCUT2D eigenvalue weighted by Crippen LogP contribution is 2.25. The molecule has 0 aliphatic heterocycles. The van der Waals surface area contributed by atoms with E-state index < -0.39 is 0 Å². The molecule has 0 unspecified atom stereocenters. The summed E-state index contributed by atoms with van der Waals surface area (Å²) in [7, 11) is 3.49. The normalized spacial score (nSPS) is 10.6. The Kier molecular flexibility index (Phi) is 6.85. The molecule has 1 heterocycles. The maximum Gasteiger partial charge on any atom is 0.255 e. The second-order valence-corrected chi connectivity index (χ2v) is 8.15. The van der Waals surface area contributed by atoms with Crippen molar-refractivity contribution >= 4 is 29.1 Å². The highest BCUT2D eigenvalue weighted by molar-refractivity contribution is 7.99. The van der Waals surface area contributed by atoms with Gasteiger partial charge in [0.2, 0.25) is 0 Å². The molecule has 33 heavy (non-hydrogen) atoms. The number of amides is 1. The summed E-state index contributed by atoms with van der Waals surface area (Å²) in [6, 6.07) is 23.4. The van der Waals surface area contributed by atoms with E-state index in [0.717, 1.165) is 11.3 Å². The van der Waals surface area contributed by atoms with Gasteiger partial charge in [-0.3, -0.25) is 9.59 Å². The molecule has 0 saturated heterocycles. The lowest BCUT2D eigenvalue weighted by atomic mass is 10.1. The lowest BCUT2D eigenvalue weighted by Crippen LogP contribution is -2.12. The summed E-state index contributed by atoms with van der Waals surface area (Å²) in [5.41, 5.74) is 2.69. The van der Waals surface area contributed by atoms with E-state index >= 15 is 0 Å². The van der Waals surface area contributed by atoms with E-state index in [4.69, 9.17) is 4.74 Å². The van der Waals surface area contributed by atoms with E-state index in [1.165, 1.54) is 11.8 Å². The van der Waals surface area contributed by atoms with Crippen molar-refractivity contribution in [2.75, 3.05) is 18.2 Å². The van der Waals surface area contributed by atoms with Crippen LogP contribution in [0.3, 0.4) is 0 Å². The minimum Gasteiger partial charge on any atom is -0.497 e. The first kappa shape index (κ1) is 22.3. The number of thioether (sulfide) groups is 1. The Hall–Kier alpha value is -3.91. The summed E-state index contributed by atoms with van der Waals surface area (Å²) in [4.78, 5) is 24.9. The first-order valence-corrected chi connectivity index (χ1v) is 11.2. The van der Waals surface area contributed by atoms with E-state index in [0.29, 0.717) is 27.8 Å². The molecule has 0 saturated carbocycles. The van der Waals surface area contributed by atoms with Gasteiger partial charge in [-0.25, -0.2) is 0 Å². The summed E-state index contributed by atoms with van der Waals surface area (Å²) in [5.74, 6) is 1.48. The number of hydrogen-bond acceptors (Lipinski definition) is 6. The molecule has 0 aliphatic carbocycles. The number of rotatable bonds is 8. The average molecular weight is 459 g/mol. The van der Waals surface area contributed by atoms with Crippen LogP contribution in [0.4, 0.5) is 5.69 Å². The van der Waals surface area contributed by atoms with Crippen molar-refractivity contribution in [1.82, 2.24) is 14.8 Å². The molecular weight excluding hydrogens is 436 g/mol. The largest absolute Gasteiger partial charge is 0.497 e. The minimum atomic E-state index is -0.194. The Balaban J connectivity index is 1.36. The van der Waals surface area contributed by atoms with Gasteiger partial charge in [0.25, 0.3) is 5.91 Å². The summed E-state index contributed by atoms with van der Waals surface area (Å²) >= 11 is 1.33. The van der Waals surface area contributed by atoms with Crippen molar-refractivity contribution in [2.24, 2.45) is 7.05 Å². The Morgan fingerprint density at radius 1 is 0.909 bits per heavy atom. The zero-order valence-electron chi connectivity index (χ0n) is 18.2. The maximum absolute atomic E-state index is 12.7. The maximum atomic E-state index is 12.7. The average Bonchev–Trinajstić information content (AvgIpc) is 3.23. The molecule has 0 radical (unpaired) electrons. The lowest BCUT2D eigenvalue weighted by Gasteiger charge is -2.07. The van der Waals surface area contributed by atoms with Crippen LogP contribution >= 0.6 is 11.8 Å². The fourth-order valence-electron chi connectivity index (χ4n) is 3.18. The Morgan fingerprint density at radius 3 is 2.27 bits per heavy atom. The summed E-state index contributed by atoms with van der Waals surface area (Å²) in [6.07, 6.45) is 0. The van der Waals surface area contributed by atoms with Crippen LogP contribution in [-0.4, -0.2) is 39.3 Å². The number of nitrogens with zero attached hydrogens (tertiary/aromatic N) is 3. The van der Waals surface area contributed by atoms with Crippen molar-refractivity contribution < 1.29 is 14.3 Å². The number of aromatic nitrogens is 3. The molecule has 3 aromatic carbocycles. The van der Waals surface area contributed by atoms with Crippen LogP contribution in [0.2, 0.25) is 0 Å². The molecule has 1 N–H and O–H groups in total. The minimum absolute atomic E-state index is 0.0325. The van der Waals surface area contributed by atoms with Gasteiger partial charge in [-0.1, -0.05) is 30.0 Å². The number of benzene rings is 3. The van der Waals surface area contributed by atoms with Gasteiger partial charge in [0.05, 0.1) is 12.9 Å². The molecule has 7 nitrogen and oxygen atoms in total. The smallest absolute Gasteiger partial charge is 0.255 e. The monoisotopic (exact) mass is 458 g/mol. The van der Waals surface area contributed by atoms with E-state index in [1.807, 2.05) is 54.1 Å². The number of ketones is 1. The van der Waals surface area contributed by atoms with Gasteiger partial charge in [0.15, 0.2) is 16.8 Å². The van der Waals surface area contributed by atoms with Crippen molar-refractivity contribution in [1.29, 1.82) is 0 Å². The van der Waals surface area contributed by atoms with Crippen molar-refractivity contribution in [3.63, 3.8) is 0 Å². The first-order chi connectivity index (χ1) is 16.0. The topological polar surface area (TPSA) is 86.1 Å². The van der Waals surface area contributed by atoms with Gasteiger partial charge in [-0.2, -0.15) is 0 Å². The van der Waals surface area contributed by atoms with Crippen LogP contribution in [0.25, 0.3) is 11.4 Å². The highest BCUT2D eigenvalue weighted by Gasteiger charge is 2.14. The molecule has 0 bridgehead atoms. The van der Waals surface area contributed by atoms with Gasteiger partial charge in [-0.05, 0) is 60.7 Å². The Bertz CT molecular complexity index is 1250. The zero-order chi connectivity index (χ0) is 23.2. The fourth-order valence-corrected chi connectivity index (χ4v) is 3.98. The second kappa shape index (κ2) is 10.1. The lowest BCUT2D eigenvalue weighted by molar-refractivity contribution is 0.101. The van der Waals surface area contributed by atoms with Crippen molar-refractivity contribution in [3.05, 3.63) is 90.0 Å². The van der Waals surface area contributed by atoms with Gasteiger partial charge in [-0.15, -0.1) is 10.2 Å². The van der Waals surface area contributed by atoms with Crippen LogP contribution in [-0.2, 0) is 7.05 Å². The zero-order valence-corrected chi connectivity index (χ0v) is 19.0. The number of anilines is 1. The number of carbonyl (C=O) groups is 2. The fraction of sp³-hybridized carbons (Fsp3) is 0.120. The molecule has 4 rings (SSSR count). The second-order valence-electron chi connectivity index (χ2n) is 7.20. The number of nitrogens with one attached hydrogen (secondary N) is 1. The Morgan fingerprint density at radius 2 is 1.61 bits per heavy atom. The van der Waals surface area contributed by atoms with Crippen LogP contribution in [0.5, 0.6) is 5.75 Å². The van der Waals surface area contributed by atoms with Crippen LogP contribution in [0.15, 0.2) is 84.0 Å². The molecule has 166 valence electrons. The number of ether oxygens (including phenoxy) is 1. The summed E-state index contributed by atoms with van der Waals surface area (Å²) < 4.78 is 7.05. The van der Waals surface area contributed by atoms with E-state index in [9.17, 15) is 9.59 Å². The third-order valence-corrected chi connectivity index (χ3v) is 6.04. The number of Topliss-reactive ketones (excluding diaryl/α,β-unsaturated/α-hetero) is 1. The predicted octanol–water partition coefficient (Wildman–Crippen LogP) is 4.72. The van der Waals surface area contributed by atoms with Crippen molar-refractivity contribution in [3.8, 4) is 17.1 Å². The molecule has 1 amide bonds. The number of methoxy groups -OCH3 is 1. The SMILES string of the molecule is COc1ccc(-c2nnc(SCC(=O)c3ccc(NC(=O)c4ccccc4)cc3)n2C)cc1. The summed E-state index contributed by atoms with van der Waals surface area (Å²) in [6.45, 7) is 0. The quantitative estimate of drug-likeness (QED) is 0.304. The molecule has 0 aliphatic rings. The van der Waals surface area contributed by atoms with Gasteiger partial charge in [0, 0.05) is 29.4 Å². The summed E-state index contributed by atoms with van der Waals surface area (Å²) in [5, 5.41) is 12.0. The van der Waals surface area contributed by atoms with Crippen LogP contribution < -0.4 is 10.1 Å². The molecular formula is C25H22N4O3S. The number of hydrogen-bond donors (Lipinski definition) is 1. The van der Waals surface area contributed by atoms with Gasteiger partial charge in [0.1, 0.15) is 5.75 Å². The van der Waals surface area contributed by atoms with Crippen LogP contribution in [0, 0.1) is 0 Å². The molecule has 8 heteroatoms. The molecule has 0 atom stereocenters. The van der Waals surface area contributed by atoms with Gasteiger partial charge >= 0.3 is 0 Å². The van der Waals surface area contributed by atoms with E-state index in [-0.39, 0.29) is 17.4 Å². The third kappa shape index (κ3) is 5.30. The van der Waals surface area contributed by atoms with Crippen LogP contribution in [0.1, 0.15) is 20.7 Å². The van der Waals surface area contributed by atoms with E-state index in [2.05, 4.69) is 15.5 Å². The van der Waals surface area contributed by atoms with E-state index in [1.54, 1.807) is 43.5 Å². The molecule has 4 aromatic rings. The molecule has 0 spiro atoms. The molecule has 0 fully saturated rings. The van der Waals surface area contributed by atoms with Gasteiger partial charge < -0.3 is 14.6 Å².